The van der Waals surface area contributed by atoms with Crippen LogP contribution in [-0.2, 0) is 14.3 Å². The van der Waals surface area contributed by atoms with Gasteiger partial charge in [-0.25, -0.2) is 14.4 Å². The molecule has 1 amide bonds. The van der Waals surface area contributed by atoms with Crippen molar-refractivity contribution in [2.75, 3.05) is 32.2 Å². The van der Waals surface area contributed by atoms with Gasteiger partial charge in [-0.05, 0) is 19.9 Å². The molecule has 0 saturated carbocycles. The maximum Gasteiger partial charge on any atom is 0.417 e. The monoisotopic (exact) mass is 531 g/mol. The summed E-state index contributed by atoms with van der Waals surface area (Å²) in [5.41, 5.74) is -2.40. The van der Waals surface area contributed by atoms with Crippen molar-refractivity contribution >= 4 is 11.6 Å². The van der Waals surface area contributed by atoms with E-state index in [2.05, 4.69) is 15.3 Å². The number of carbonyl (C=O) groups is 1. The Hall–Kier alpha value is -2.87. The number of alkyl halides is 3. The van der Waals surface area contributed by atoms with E-state index in [1.165, 1.54) is 27.0 Å². The molecule has 0 unspecified atom stereocenters. The lowest BCUT2D eigenvalue weighted by atomic mass is 9.76. The van der Waals surface area contributed by atoms with E-state index in [0.717, 1.165) is 25.4 Å². The van der Waals surface area contributed by atoms with E-state index in [9.17, 15) is 27.5 Å². The molecule has 9 nitrogen and oxygen atoms in total. The number of carbonyl (C=O) groups excluding carboxylic acids is 1. The smallest absolute Gasteiger partial charge is 0.417 e. The third-order valence-electron chi connectivity index (χ3n) is 6.60. The fourth-order valence-corrected chi connectivity index (χ4v) is 4.26. The summed E-state index contributed by atoms with van der Waals surface area (Å²) >= 11 is 0. The number of hydrogen-bond acceptors (Lipinski definition) is 8. The Morgan fingerprint density at radius 1 is 1.27 bits per heavy atom. The molecule has 1 aromatic heterocycles. The molecule has 1 aliphatic heterocycles. The lowest BCUT2D eigenvalue weighted by Gasteiger charge is -2.32. The number of benzene rings is 1. The Labute approximate surface area is 210 Å². The summed E-state index contributed by atoms with van der Waals surface area (Å²) in [4.78, 5) is 20.9. The van der Waals surface area contributed by atoms with Gasteiger partial charge in [0, 0.05) is 30.1 Å². The minimum Gasteiger partial charge on any atom is -0.491 e. The number of nitrogens with one attached hydrogen (secondary N) is 1. The Kier molecular flexibility index (Phi) is 8.73. The maximum absolute atomic E-state index is 14.4. The highest BCUT2D eigenvalue weighted by Gasteiger charge is 2.65. The van der Waals surface area contributed by atoms with Gasteiger partial charge in [0.25, 0.3) is 5.91 Å². The lowest BCUT2D eigenvalue weighted by Crippen LogP contribution is -2.47. The second kappa shape index (κ2) is 11.3. The molecule has 1 aromatic carbocycles. The lowest BCUT2D eigenvalue weighted by molar-refractivity contribution is -0.272. The number of aromatic nitrogens is 2. The van der Waals surface area contributed by atoms with Gasteiger partial charge < -0.3 is 29.7 Å². The van der Waals surface area contributed by atoms with Gasteiger partial charge in [-0.2, -0.15) is 13.2 Å². The molecule has 0 bridgehead atoms. The van der Waals surface area contributed by atoms with Gasteiger partial charge in [0.1, 0.15) is 30.4 Å². The number of amides is 1. The molecule has 0 radical (unpaired) electrons. The van der Waals surface area contributed by atoms with E-state index < -0.39 is 54.2 Å². The molecule has 2 heterocycles. The van der Waals surface area contributed by atoms with Gasteiger partial charge in [0.2, 0.25) is 0 Å². The van der Waals surface area contributed by atoms with E-state index >= 15 is 0 Å². The molecule has 2 aromatic rings. The van der Waals surface area contributed by atoms with E-state index in [0.29, 0.717) is 0 Å². The average molecular weight is 532 g/mol. The first-order valence-corrected chi connectivity index (χ1v) is 11.4. The molecule has 204 valence electrons. The number of nitrogens with zero attached hydrogens (tertiary/aromatic N) is 2. The average Bonchev–Trinajstić information content (AvgIpc) is 3.13. The second-order valence-electron chi connectivity index (χ2n) is 8.91. The minimum absolute atomic E-state index is 0.00648. The van der Waals surface area contributed by atoms with Gasteiger partial charge >= 0.3 is 6.18 Å². The van der Waals surface area contributed by atoms with Gasteiger partial charge in [0.15, 0.2) is 11.4 Å². The van der Waals surface area contributed by atoms with E-state index in [1.54, 1.807) is 0 Å². The van der Waals surface area contributed by atoms with Gasteiger partial charge in [0.05, 0.1) is 31.3 Å². The van der Waals surface area contributed by atoms with Crippen LogP contribution in [0.5, 0.6) is 5.75 Å². The van der Waals surface area contributed by atoms with Gasteiger partial charge in [-0.1, -0.05) is 13.0 Å². The van der Waals surface area contributed by atoms with Crippen LogP contribution in [0.1, 0.15) is 42.8 Å². The van der Waals surface area contributed by atoms with Gasteiger partial charge in [-0.3, -0.25) is 4.79 Å². The molecule has 0 spiro atoms. The molecule has 1 fully saturated rings. The highest BCUT2D eigenvalue weighted by molar-refractivity contribution is 5.95. The van der Waals surface area contributed by atoms with Crippen molar-refractivity contribution in [2.45, 2.75) is 50.7 Å². The van der Waals surface area contributed by atoms with Crippen LogP contribution in [0.4, 0.5) is 23.2 Å². The summed E-state index contributed by atoms with van der Waals surface area (Å²) in [5.74, 6) is -4.05. The molecular formula is C24H29F4N3O6. The van der Waals surface area contributed by atoms with E-state index in [-0.39, 0.29) is 41.6 Å². The first-order valence-electron chi connectivity index (χ1n) is 11.4. The number of aliphatic hydroxyl groups excluding tert-OH is 2. The highest BCUT2D eigenvalue weighted by Crippen LogP contribution is 2.55. The zero-order chi connectivity index (χ0) is 27.5. The maximum atomic E-state index is 14.4. The van der Waals surface area contributed by atoms with Crippen LogP contribution in [0.2, 0.25) is 0 Å². The Morgan fingerprint density at radius 3 is 2.49 bits per heavy atom. The Morgan fingerprint density at radius 2 is 1.92 bits per heavy atom. The Bertz CT molecular complexity index is 1100. The fourth-order valence-electron chi connectivity index (χ4n) is 4.26. The summed E-state index contributed by atoms with van der Waals surface area (Å²) in [5, 5.41) is 21.1. The number of hydrogen-bond donors (Lipinski definition) is 3. The summed E-state index contributed by atoms with van der Waals surface area (Å²) in [6, 6.07) is 2.41. The quantitative estimate of drug-likeness (QED) is 0.333. The molecular weight excluding hydrogens is 502 g/mol. The predicted molar refractivity (Wildman–Crippen MR) is 122 cm³/mol. The topological polar surface area (TPSA) is 123 Å². The van der Waals surface area contributed by atoms with Crippen LogP contribution in [0.15, 0.2) is 24.5 Å². The van der Waals surface area contributed by atoms with Crippen molar-refractivity contribution in [1.82, 2.24) is 9.97 Å². The molecule has 1 aliphatic rings. The summed E-state index contributed by atoms with van der Waals surface area (Å²) < 4.78 is 73.0. The third kappa shape index (κ3) is 5.69. The summed E-state index contributed by atoms with van der Waals surface area (Å²) in [6.07, 6.45) is -5.53. The van der Waals surface area contributed by atoms with Crippen LogP contribution in [0, 0.1) is 18.7 Å². The predicted octanol–water partition coefficient (Wildman–Crippen LogP) is 3.05. The van der Waals surface area contributed by atoms with Crippen molar-refractivity contribution < 1.29 is 46.8 Å². The standard InChI is InChI=1S/C24H29F4N3O6/c1-12-16(25)6-5-15(19(12)36-8-7-35-4)18-13(2)23(3,24(26,27)28)37-20(18)22(34)31-14-9-29-21(30-10-14)17(33)11-32/h5-6,9-10,13,17-18,20,32-33H,7-8,11H2,1-4H3,(H,31,34)/t13-,17+,18-,20+,23+/m1/s1. The number of ether oxygens (including phenoxy) is 3. The molecule has 37 heavy (non-hydrogen) atoms. The normalized spacial score (nSPS) is 24.6. The van der Waals surface area contributed by atoms with Crippen LogP contribution in [0.25, 0.3) is 0 Å². The van der Waals surface area contributed by atoms with Crippen molar-refractivity contribution in [3.8, 4) is 5.75 Å². The summed E-state index contributed by atoms with van der Waals surface area (Å²) in [6.45, 7) is 3.15. The molecule has 3 rings (SSSR count). The van der Waals surface area contributed by atoms with Crippen LogP contribution < -0.4 is 10.1 Å². The molecule has 0 aliphatic carbocycles. The number of anilines is 1. The first-order chi connectivity index (χ1) is 17.4. The summed E-state index contributed by atoms with van der Waals surface area (Å²) in [7, 11) is 1.44. The number of rotatable bonds is 9. The van der Waals surface area contributed by atoms with Crippen LogP contribution in [0.3, 0.4) is 0 Å². The zero-order valence-electron chi connectivity index (χ0n) is 20.7. The highest BCUT2D eigenvalue weighted by atomic mass is 19.4. The zero-order valence-corrected chi connectivity index (χ0v) is 20.7. The van der Waals surface area contributed by atoms with E-state index in [1.807, 2.05) is 0 Å². The largest absolute Gasteiger partial charge is 0.491 e. The van der Waals surface area contributed by atoms with Crippen molar-refractivity contribution in [3.05, 3.63) is 47.3 Å². The second-order valence-corrected chi connectivity index (χ2v) is 8.91. The van der Waals surface area contributed by atoms with Crippen molar-refractivity contribution in [2.24, 2.45) is 5.92 Å². The number of halogens is 4. The molecule has 3 N–H and O–H groups in total. The fraction of sp³-hybridized carbons (Fsp3) is 0.542. The van der Waals surface area contributed by atoms with Crippen LogP contribution >= 0.6 is 0 Å². The van der Waals surface area contributed by atoms with E-state index in [4.69, 9.17) is 19.3 Å². The third-order valence-corrected chi connectivity index (χ3v) is 6.60. The molecule has 1 saturated heterocycles. The SMILES string of the molecule is COCCOc1c([C@@H]2[C@@H](C(=O)Nc3cnc([C@@H](O)CO)nc3)O[C@](C)(C(F)(F)F)[C@@H]2C)ccc(F)c1C. The number of aliphatic hydroxyl groups is 2. The van der Waals surface area contributed by atoms with Crippen LogP contribution in [-0.4, -0.2) is 70.9 Å². The van der Waals surface area contributed by atoms with Gasteiger partial charge in [-0.15, -0.1) is 0 Å². The molecule has 5 atom stereocenters. The Balaban J connectivity index is 2.02. The van der Waals surface area contributed by atoms with Crippen molar-refractivity contribution in [1.29, 1.82) is 0 Å². The number of methoxy groups -OCH3 is 1. The minimum atomic E-state index is -4.82. The van der Waals surface area contributed by atoms with Crippen molar-refractivity contribution in [3.63, 3.8) is 0 Å². The molecule has 13 heteroatoms. The first kappa shape index (κ1) is 28.7.